The maximum atomic E-state index is 5.58. The third-order valence-electron chi connectivity index (χ3n) is 2.95. The zero-order valence-corrected chi connectivity index (χ0v) is 11.1. The number of aromatic nitrogens is 1. The lowest BCUT2D eigenvalue weighted by atomic mass is 10.0. The van der Waals surface area contributed by atoms with E-state index in [1.54, 1.807) is 18.4 Å². The van der Waals surface area contributed by atoms with Crippen LogP contribution in [0.15, 0.2) is 18.3 Å². The fourth-order valence-corrected chi connectivity index (χ4v) is 2.69. The SMILES string of the molecule is COc1ccc(-c2cnc(CN)s2)c(C)c1C. The van der Waals surface area contributed by atoms with Gasteiger partial charge in [-0.05, 0) is 42.7 Å². The predicted molar refractivity (Wildman–Crippen MR) is 71.5 cm³/mol. The van der Waals surface area contributed by atoms with Crippen LogP contribution in [0.4, 0.5) is 0 Å². The summed E-state index contributed by atoms with van der Waals surface area (Å²) in [6.07, 6.45) is 1.89. The van der Waals surface area contributed by atoms with Gasteiger partial charge in [0.05, 0.1) is 12.0 Å². The Morgan fingerprint density at radius 1 is 1.29 bits per heavy atom. The summed E-state index contributed by atoms with van der Waals surface area (Å²) in [5.74, 6) is 0.926. The Hall–Kier alpha value is -1.39. The number of rotatable bonds is 3. The number of nitrogens with two attached hydrogens (primary N) is 1. The summed E-state index contributed by atoms with van der Waals surface area (Å²) in [7, 11) is 1.70. The van der Waals surface area contributed by atoms with Crippen molar-refractivity contribution >= 4 is 11.3 Å². The minimum atomic E-state index is 0.499. The van der Waals surface area contributed by atoms with Crippen molar-refractivity contribution in [1.29, 1.82) is 0 Å². The zero-order valence-electron chi connectivity index (χ0n) is 10.3. The van der Waals surface area contributed by atoms with Gasteiger partial charge >= 0.3 is 0 Å². The Balaban J connectivity index is 2.49. The molecule has 0 atom stereocenters. The highest BCUT2D eigenvalue weighted by Gasteiger charge is 2.10. The van der Waals surface area contributed by atoms with Crippen LogP contribution in [0.5, 0.6) is 5.75 Å². The second-order valence-corrected chi connectivity index (χ2v) is 5.00. The zero-order chi connectivity index (χ0) is 12.4. The fraction of sp³-hybridized carbons (Fsp3) is 0.308. The highest BCUT2D eigenvalue weighted by molar-refractivity contribution is 7.15. The van der Waals surface area contributed by atoms with Crippen molar-refractivity contribution < 1.29 is 4.74 Å². The number of ether oxygens (including phenoxy) is 1. The third-order valence-corrected chi connectivity index (χ3v) is 4.00. The van der Waals surface area contributed by atoms with Crippen LogP contribution in [0.3, 0.4) is 0 Å². The monoisotopic (exact) mass is 248 g/mol. The molecule has 0 aliphatic carbocycles. The van der Waals surface area contributed by atoms with Crippen LogP contribution in [-0.2, 0) is 6.54 Å². The first kappa shape index (κ1) is 12.1. The number of benzene rings is 1. The van der Waals surface area contributed by atoms with E-state index in [9.17, 15) is 0 Å². The highest BCUT2D eigenvalue weighted by atomic mass is 32.1. The summed E-state index contributed by atoms with van der Waals surface area (Å²) in [5.41, 5.74) is 9.20. The quantitative estimate of drug-likeness (QED) is 0.908. The van der Waals surface area contributed by atoms with Crippen molar-refractivity contribution in [2.75, 3.05) is 7.11 Å². The van der Waals surface area contributed by atoms with Crippen molar-refractivity contribution in [2.24, 2.45) is 5.73 Å². The van der Waals surface area contributed by atoms with E-state index in [0.717, 1.165) is 15.6 Å². The van der Waals surface area contributed by atoms with Crippen molar-refractivity contribution in [3.63, 3.8) is 0 Å². The molecular formula is C13H16N2OS. The second kappa shape index (κ2) is 4.85. The van der Waals surface area contributed by atoms with Crippen molar-refractivity contribution in [2.45, 2.75) is 20.4 Å². The fourth-order valence-electron chi connectivity index (χ4n) is 1.81. The van der Waals surface area contributed by atoms with Gasteiger partial charge in [0.1, 0.15) is 10.8 Å². The van der Waals surface area contributed by atoms with E-state index in [0.29, 0.717) is 6.54 Å². The first-order valence-corrected chi connectivity index (χ1v) is 6.28. The lowest BCUT2D eigenvalue weighted by Gasteiger charge is -2.11. The summed E-state index contributed by atoms with van der Waals surface area (Å²) < 4.78 is 5.31. The molecule has 1 aromatic heterocycles. The van der Waals surface area contributed by atoms with Gasteiger partial charge in [-0.25, -0.2) is 4.98 Å². The van der Waals surface area contributed by atoms with Crippen LogP contribution in [0.2, 0.25) is 0 Å². The highest BCUT2D eigenvalue weighted by Crippen LogP contribution is 2.33. The molecule has 0 spiro atoms. The topological polar surface area (TPSA) is 48.1 Å². The number of methoxy groups -OCH3 is 1. The van der Waals surface area contributed by atoms with E-state index in [2.05, 4.69) is 24.9 Å². The standard InChI is InChI=1S/C13H16N2OS/c1-8-9(2)11(16-3)5-4-10(8)12-7-15-13(6-14)17-12/h4-5,7H,6,14H2,1-3H3. The van der Waals surface area contributed by atoms with Gasteiger partial charge in [0.2, 0.25) is 0 Å². The van der Waals surface area contributed by atoms with Crippen LogP contribution in [0.25, 0.3) is 10.4 Å². The number of thiazole rings is 1. The molecule has 3 nitrogen and oxygen atoms in total. The molecule has 4 heteroatoms. The van der Waals surface area contributed by atoms with Crippen LogP contribution < -0.4 is 10.5 Å². The van der Waals surface area contributed by atoms with Gasteiger partial charge in [-0.2, -0.15) is 0 Å². The van der Waals surface area contributed by atoms with Crippen LogP contribution in [0.1, 0.15) is 16.1 Å². The minimum absolute atomic E-state index is 0.499. The second-order valence-electron chi connectivity index (χ2n) is 3.89. The number of hydrogen-bond acceptors (Lipinski definition) is 4. The van der Waals surface area contributed by atoms with Gasteiger partial charge in [-0.1, -0.05) is 0 Å². The van der Waals surface area contributed by atoms with E-state index in [1.807, 2.05) is 12.3 Å². The molecule has 0 aliphatic heterocycles. The third kappa shape index (κ3) is 2.18. The van der Waals surface area contributed by atoms with Gasteiger partial charge < -0.3 is 10.5 Å². The van der Waals surface area contributed by atoms with E-state index in [4.69, 9.17) is 10.5 Å². The van der Waals surface area contributed by atoms with Gasteiger partial charge in [-0.3, -0.25) is 0 Å². The average molecular weight is 248 g/mol. The van der Waals surface area contributed by atoms with Crippen molar-refractivity contribution in [3.05, 3.63) is 34.5 Å². The lowest BCUT2D eigenvalue weighted by Crippen LogP contribution is -1.93. The Labute approximate surface area is 105 Å². The van der Waals surface area contributed by atoms with Gasteiger partial charge in [-0.15, -0.1) is 11.3 Å². The van der Waals surface area contributed by atoms with E-state index in [1.165, 1.54) is 16.7 Å². The molecule has 1 aromatic carbocycles. The molecule has 0 saturated carbocycles. The molecule has 0 amide bonds. The molecule has 0 unspecified atom stereocenters. The van der Waals surface area contributed by atoms with Crippen molar-refractivity contribution in [1.82, 2.24) is 4.98 Å². The molecule has 0 fully saturated rings. The molecule has 0 saturated heterocycles. The first-order valence-electron chi connectivity index (χ1n) is 5.46. The lowest BCUT2D eigenvalue weighted by molar-refractivity contribution is 0.411. The number of nitrogens with zero attached hydrogens (tertiary/aromatic N) is 1. The summed E-state index contributed by atoms with van der Waals surface area (Å²) in [6.45, 7) is 4.68. The molecule has 90 valence electrons. The Morgan fingerprint density at radius 2 is 2.06 bits per heavy atom. The van der Waals surface area contributed by atoms with Gasteiger partial charge in [0.15, 0.2) is 0 Å². The smallest absolute Gasteiger partial charge is 0.122 e. The maximum Gasteiger partial charge on any atom is 0.122 e. The Bertz CT molecular complexity index is 534. The first-order chi connectivity index (χ1) is 8.17. The molecule has 0 aliphatic rings. The summed E-state index contributed by atoms with van der Waals surface area (Å²) in [4.78, 5) is 5.45. The Morgan fingerprint density at radius 3 is 2.65 bits per heavy atom. The predicted octanol–water partition coefficient (Wildman–Crippen LogP) is 2.89. The molecule has 2 aromatic rings. The van der Waals surface area contributed by atoms with Crippen LogP contribution >= 0.6 is 11.3 Å². The molecule has 2 N–H and O–H groups in total. The summed E-state index contributed by atoms with van der Waals surface area (Å²) >= 11 is 1.65. The summed E-state index contributed by atoms with van der Waals surface area (Å²) in [5, 5.41) is 0.966. The van der Waals surface area contributed by atoms with Crippen LogP contribution in [-0.4, -0.2) is 12.1 Å². The number of hydrogen-bond donors (Lipinski definition) is 1. The summed E-state index contributed by atoms with van der Waals surface area (Å²) in [6, 6.07) is 4.08. The average Bonchev–Trinajstić information content (AvgIpc) is 2.81. The maximum absolute atomic E-state index is 5.58. The van der Waals surface area contributed by atoms with E-state index < -0.39 is 0 Å². The minimum Gasteiger partial charge on any atom is -0.496 e. The molecule has 1 heterocycles. The van der Waals surface area contributed by atoms with Crippen LogP contribution in [0, 0.1) is 13.8 Å². The molecule has 17 heavy (non-hydrogen) atoms. The molecule has 0 bridgehead atoms. The van der Waals surface area contributed by atoms with Gasteiger partial charge in [0, 0.05) is 12.7 Å². The molecule has 2 rings (SSSR count). The van der Waals surface area contributed by atoms with Gasteiger partial charge in [0.25, 0.3) is 0 Å². The molecular weight excluding hydrogens is 232 g/mol. The van der Waals surface area contributed by atoms with E-state index in [-0.39, 0.29) is 0 Å². The normalized spacial score (nSPS) is 10.6. The van der Waals surface area contributed by atoms with Crippen molar-refractivity contribution in [3.8, 4) is 16.2 Å². The Kier molecular flexibility index (Phi) is 3.45. The van der Waals surface area contributed by atoms with E-state index >= 15 is 0 Å². The largest absolute Gasteiger partial charge is 0.496 e. The molecule has 0 radical (unpaired) electrons.